The molecule has 0 aromatic heterocycles. The third kappa shape index (κ3) is 4.35. The number of benzene rings is 2. The van der Waals surface area contributed by atoms with Gasteiger partial charge in [0.05, 0.1) is 32.3 Å². The van der Waals surface area contributed by atoms with Crippen LogP contribution in [0.4, 0.5) is 0 Å². The Labute approximate surface area is 184 Å². The molecule has 0 N–H and O–H groups in total. The molecule has 3 unspecified atom stereocenters. The van der Waals surface area contributed by atoms with Gasteiger partial charge in [-0.25, -0.2) is 0 Å². The average molecular weight is 422 g/mol. The van der Waals surface area contributed by atoms with Crippen LogP contribution in [0.5, 0.6) is 5.75 Å². The van der Waals surface area contributed by atoms with Crippen LogP contribution >= 0.6 is 0 Å². The summed E-state index contributed by atoms with van der Waals surface area (Å²) in [6, 6.07) is 17.0. The lowest BCUT2D eigenvalue weighted by molar-refractivity contribution is -0.160. The quantitative estimate of drug-likeness (QED) is 0.646. The number of rotatable bonds is 6. The van der Waals surface area contributed by atoms with E-state index in [2.05, 4.69) is 41.3 Å². The van der Waals surface area contributed by atoms with E-state index in [1.807, 2.05) is 12.1 Å². The summed E-state index contributed by atoms with van der Waals surface area (Å²) in [5, 5.41) is 0. The minimum atomic E-state index is -0.0572. The van der Waals surface area contributed by atoms with E-state index in [1.165, 1.54) is 24.8 Å². The number of fused-ring (bicyclic) bond motifs is 2. The molecule has 1 aliphatic carbocycles. The van der Waals surface area contributed by atoms with E-state index in [1.54, 1.807) is 7.11 Å². The molecule has 5 heteroatoms. The predicted octanol–water partition coefficient (Wildman–Crippen LogP) is 4.44. The van der Waals surface area contributed by atoms with E-state index < -0.39 is 0 Å². The number of nitrogens with zero attached hydrogens (tertiary/aromatic N) is 1. The molecule has 0 radical (unpaired) electrons. The molecule has 0 spiro atoms. The third-order valence-electron chi connectivity index (χ3n) is 7.10. The van der Waals surface area contributed by atoms with Crippen LogP contribution in [0.15, 0.2) is 48.5 Å². The first-order chi connectivity index (χ1) is 15.2. The Morgan fingerprint density at radius 3 is 2.32 bits per heavy atom. The molecule has 5 rings (SSSR count). The summed E-state index contributed by atoms with van der Waals surface area (Å²) in [5.74, 6) is 1.06. The Morgan fingerprint density at radius 2 is 1.65 bits per heavy atom. The summed E-state index contributed by atoms with van der Waals surface area (Å²) in [5.41, 5.74) is 3.49. The molecular weight excluding hydrogens is 390 g/mol. The Kier molecular flexibility index (Phi) is 5.97. The Balaban J connectivity index is 1.22. The fourth-order valence-corrected chi connectivity index (χ4v) is 5.51. The number of methoxy groups -OCH3 is 1. The maximum Gasteiger partial charge on any atom is 0.306 e. The zero-order chi connectivity index (χ0) is 21.2. The molecule has 2 bridgehead atoms. The van der Waals surface area contributed by atoms with Gasteiger partial charge in [-0.1, -0.05) is 42.8 Å². The van der Waals surface area contributed by atoms with Crippen LogP contribution in [-0.4, -0.2) is 49.3 Å². The van der Waals surface area contributed by atoms with Gasteiger partial charge in [-0.15, -0.1) is 0 Å². The van der Waals surface area contributed by atoms with Crippen molar-refractivity contribution in [3.8, 4) is 16.9 Å². The number of esters is 1. The zero-order valence-corrected chi connectivity index (χ0v) is 18.2. The average Bonchev–Trinajstić information content (AvgIpc) is 3.05. The molecule has 2 heterocycles. The van der Waals surface area contributed by atoms with Gasteiger partial charge >= 0.3 is 5.97 Å². The van der Waals surface area contributed by atoms with Crippen molar-refractivity contribution in [3.05, 3.63) is 54.1 Å². The molecule has 5 nitrogen and oxygen atoms in total. The molecule has 2 saturated heterocycles. The lowest BCUT2D eigenvalue weighted by Gasteiger charge is -2.40. The summed E-state index contributed by atoms with van der Waals surface area (Å²) in [7, 11) is 1.68. The number of likely N-dealkylation sites (tertiary alicyclic amines) is 1. The molecule has 3 fully saturated rings. The highest BCUT2D eigenvalue weighted by Crippen LogP contribution is 2.42. The second kappa shape index (κ2) is 9.01. The molecule has 0 amide bonds. The summed E-state index contributed by atoms with van der Waals surface area (Å²) < 4.78 is 17.3. The van der Waals surface area contributed by atoms with Gasteiger partial charge in [0.15, 0.2) is 0 Å². The lowest BCUT2D eigenvalue weighted by atomic mass is 9.92. The smallest absolute Gasteiger partial charge is 0.306 e. The predicted molar refractivity (Wildman–Crippen MR) is 119 cm³/mol. The minimum absolute atomic E-state index is 0.00759. The van der Waals surface area contributed by atoms with Gasteiger partial charge in [-0.3, -0.25) is 9.69 Å². The number of ether oxygens (including phenoxy) is 3. The molecule has 3 aliphatic rings. The van der Waals surface area contributed by atoms with Gasteiger partial charge in [0.25, 0.3) is 0 Å². The fraction of sp³-hybridized carbons (Fsp3) is 0.500. The molecule has 2 aromatic carbocycles. The molecule has 2 aliphatic heterocycles. The van der Waals surface area contributed by atoms with E-state index in [0.717, 1.165) is 36.4 Å². The Morgan fingerprint density at radius 1 is 0.968 bits per heavy atom. The number of carbonyl (C=O) groups is 1. The molecular formula is C26H31NO4. The van der Waals surface area contributed by atoms with E-state index in [4.69, 9.17) is 14.2 Å². The Bertz CT molecular complexity index is 889. The molecule has 31 heavy (non-hydrogen) atoms. The van der Waals surface area contributed by atoms with Gasteiger partial charge in [0.1, 0.15) is 11.9 Å². The van der Waals surface area contributed by atoms with Crippen molar-refractivity contribution in [2.45, 2.75) is 57.0 Å². The highest BCUT2D eigenvalue weighted by atomic mass is 16.6. The van der Waals surface area contributed by atoms with Crippen LogP contribution in [0.3, 0.4) is 0 Å². The zero-order valence-electron chi connectivity index (χ0n) is 18.2. The number of piperidine rings is 1. The summed E-state index contributed by atoms with van der Waals surface area (Å²) in [4.78, 5) is 14.6. The second-order valence-electron chi connectivity index (χ2n) is 8.99. The maximum atomic E-state index is 12.1. The summed E-state index contributed by atoms with van der Waals surface area (Å²) >= 11 is 0. The van der Waals surface area contributed by atoms with Crippen LogP contribution in [0.2, 0.25) is 0 Å². The number of hydrogen-bond acceptors (Lipinski definition) is 5. The van der Waals surface area contributed by atoms with Gasteiger partial charge < -0.3 is 14.2 Å². The topological polar surface area (TPSA) is 48.0 Å². The van der Waals surface area contributed by atoms with E-state index in [9.17, 15) is 4.79 Å². The van der Waals surface area contributed by atoms with Crippen molar-refractivity contribution in [1.82, 2.24) is 4.90 Å². The van der Waals surface area contributed by atoms with Crippen molar-refractivity contribution in [1.29, 1.82) is 0 Å². The highest BCUT2D eigenvalue weighted by molar-refractivity contribution is 5.71. The van der Waals surface area contributed by atoms with Gasteiger partial charge in [-0.05, 0) is 54.8 Å². The normalized spacial score (nSPS) is 28.4. The minimum Gasteiger partial charge on any atom is -0.497 e. The number of carbonyl (C=O) groups excluding carboxylic acids is 1. The lowest BCUT2D eigenvalue weighted by Crippen LogP contribution is -2.51. The fourth-order valence-electron chi connectivity index (χ4n) is 5.51. The van der Waals surface area contributed by atoms with Gasteiger partial charge in [0.2, 0.25) is 0 Å². The van der Waals surface area contributed by atoms with Crippen molar-refractivity contribution in [3.63, 3.8) is 0 Å². The monoisotopic (exact) mass is 421 g/mol. The molecule has 1 saturated carbocycles. The van der Waals surface area contributed by atoms with Gasteiger partial charge in [-0.2, -0.15) is 0 Å². The summed E-state index contributed by atoms with van der Waals surface area (Å²) in [6.45, 7) is 2.81. The summed E-state index contributed by atoms with van der Waals surface area (Å²) in [6.07, 6.45) is 5.19. The van der Waals surface area contributed by atoms with Crippen LogP contribution in [-0.2, 0) is 20.9 Å². The van der Waals surface area contributed by atoms with Crippen LogP contribution < -0.4 is 4.74 Å². The first kappa shape index (κ1) is 20.5. The molecule has 2 aromatic rings. The number of hydrogen-bond donors (Lipinski definition) is 0. The second-order valence-corrected chi connectivity index (χ2v) is 8.99. The van der Waals surface area contributed by atoms with Crippen molar-refractivity contribution >= 4 is 5.97 Å². The first-order valence-corrected chi connectivity index (χ1v) is 11.5. The largest absolute Gasteiger partial charge is 0.497 e. The highest BCUT2D eigenvalue weighted by Gasteiger charge is 2.52. The van der Waals surface area contributed by atoms with Gasteiger partial charge in [0, 0.05) is 12.3 Å². The standard InChI is InChI=1S/C26H31NO4/c1-29-21-11-9-20(10-12-21)19-7-5-18(6-8-19)17-30-23-16-24-26(22(23)15-25(28)31-24)27-13-3-2-4-14-27/h5-12,22-24,26H,2-4,13-17H2,1H3/t22?,23?,24-,26?/m1/s1. The third-order valence-corrected chi connectivity index (χ3v) is 7.10. The molecule has 4 atom stereocenters. The van der Waals surface area contributed by atoms with Crippen LogP contribution in [0.25, 0.3) is 11.1 Å². The maximum absolute atomic E-state index is 12.1. The van der Waals surface area contributed by atoms with Crippen molar-refractivity contribution in [2.75, 3.05) is 20.2 Å². The van der Waals surface area contributed by atoms with E-state index in [0.29, 0.717) is 19.1 Å². The Hall–Kier alpha value is -2.37. The van der Waals surface area contributed by atoms with E-state index >= 15 is 0 Å². The van der Waals surface area contributed by atoms with Crippen molar-refractivity contribution in [2.24, 2.45) is 5.92 Å². The van der Waals surface area contributed by atoms with Crippen LogP contribution in [0.1, 0.15) is 37.7 Å². The van der Waals surface area contributed by atoms with E-state index in [-0.39, 0.29) is 24.1 Å². The molecule has 164 valence electrons. The van der Waals surface area contributed by atoms with Crippen molar-refractivity contribution < 1.29 is 19.0 Å². The van der Waals surface area contributed by atoms with Crippen LogP contribution in [0, 0.1) is 5.92 Å². The SMILES string of the molecule is COc1ccc(-c2ccc(COC3C[C@H]4OC(=O)CC3C4N3CCCCC3)cc2)cc1. The first-order valence-electron chi connectivity index (χ1n) is 11.5.